The summed E-state index contributed by atoms with van der Waals surface area (Å²) < 4.78 is 0.975. The molecule has 0 aliphatic rings. The maximum Gasteiger partial charge on any atom is 0.319 e. The monoisotopic (exact) mass is 348 g/mol. The molecule has 3 N–H and O–H groups in total. The van der Waals surface area contributed by atoms with Crippen molar-refractivity contribution in [2.75, 3.05) is 11.9 Å². The van der Waals surface area contributed by atoms with Crippen LogP contribution in [0.3, 0.4) is 0 Å². The van der Waals surface area contributed by atoms with Crippen molar-refractivity contribution in [1.29, 1.82) is 0 Å². The molecule has 1 aromatic carbocycles. The van der Waals surface area contributed by atoms with Crippen LogP contribution in [0.5, 0.6) is 0 Å². The van der Waals surface area contributed by atoms with Crippen LogP contribution in [0.1, 0.15) is 20.3 Å². The Kier molecular flexibility index (Phi) is 5.20. The predicted molar refractivity (Wildman–Crippen MR) is 77.1 cm³/mol. The Hall–Kier alpha value is -0.820. The van der Waals surface area contributed by atoms with Gasteiger partial charge in [0.2, 0.25) is 0 Å². The third-order valence-electron chi connectivity index (χ3n) is 2.51. The Labute approximate surface area is 115 Å². The summed E-state index contributed by atoms with van der Waals surface area (Å²) >= 11 is 2.15. The van der Waals surface area contributed by atoms with Crippen molar-refractivity contribution in [1.82, 2.24) is 5.32 Å². The number of benzene rings is 1. The van der Waals surface area contributed by atoms with Crippen LogP contribution >= 0.6 is 22.6 Å². The number of amides is 2. The number of hydrogen-bond acceptors (Lipinski definition) is 2. The molecule has 1 atom stereocenters. The number of halogens is 1. The van der Waals surface area contributed by atoms with E-state index < -0.39 is 5.60 Å². The van der Waals surface area contributed by atoms with Gasteiger partial charge in [-0.2, -0.15) is 0 Å². The van der Waals surface area contributed by atoms with E-state index in [0.717, 1.165) is 9.26 Å². The number of rotatable bonds is 4. The summed E-state index contributed by atoms with van der Waals surface area (Å²) in [6, 6.07) is 7.22. The fourth-order valence-corrected chi connectivity index (χ4v) is 1.65. The molecular formula is C12H17IN2O2. The lowest BCUT2D eigenvalue weighted by atomic mass is 10.0. The highest BCUT2D eigenvalue weighted by atomic mass is 127. The largest absolute Gasteiger partial charge is 0.388 e. The molecule has 94 valence electrons. The standard InChI is InChI=1S/C12H17IN2O2/c1-3-12(2,17)8-14-11(16)15-10-7-5-4-6-9(10)13/h4-7,17H,3,8H2,1-2H3,(H2,14,15,16). The molecule has 2 amide bonds. The third kappa shape index (κ3) is 4.91. The number of para-hydroxylation sites is 1. The number of nitrogens with one attached hydrogen (secondary N) is 2. The topological polar surface area (TPSA) is 61.4 Å². The lowest BCUT2D eigenvalue weighted by Crippen LogP contribution is -2.41. The van der Waals surface area contributed by atoms with Gasteiger partial charge < -0.3 is 15.7 Å². The first-order valence-corrected chi connectivity index (χ1v) is 6.54. The van der Waals surface area contributed by atoms with E-state index in [0.29, 0.717) is 6.42 Å². The minimum atomic E-state index is -0.860. The van der Waals surface area contributed by atoms with Crippen molar-refractivity contribution in [2.24, 2.45) is 0 Å². The Morgan fingerprint density at radius 2 is 2.12 bits per heavy atom. The highest BCUT2D eigenvalue weighted by Gasteiger charge is 2.18. The van der Waals surface area contributed by atoms with Gasteiger partial charge in [-0.1, -0.05) is 19.1 Å². The van der Waals surface area contributed by atoms with Crippen LogP contribution in [0.4, 0.5) is 10.5 Å². The number of carbonyl (C=O) groups excluding carboxylic acids is 1. The molecular weight excluding hydrogens is 331 g/mol. The van der Waals surface area contributed by atoms with Gasteiger partial charge in [-0.25, -0.2) is 4.79 Å². The van der Waals surface area contributed by atoms with E-state index in [2.05, 4.69) is 33.2 Å². The summed E-state index contributed by atoms with van der Waals surface area (Å²) in [6.07, 6.45) is 0.593. The van der Waals surface area contributed by atoms with Crippen LogP contribution in [0.25, 0.3) is 0 Å². The van der Waals surface area contributed by atoms with Gasteiger partial charge in [0.05, 0.1) is 11.3 Å². The van der Waals surface area contributed by atoms with E-state index in [4.69, 9.17) is 0 Å². The summed E-state index contributed by atoms with van der Waals surface area (Å²) in [5, 5.41) is 15.1. The predicted octanol–water partition coefficient (Wildman–Crippen LogP) is 2.57. The van der Waals surface area contributed by atoms with E-state index in [1.54, 1.807) is 6.92 Å². The first kappa shape index (κ1) is 14.2. The average molecular weight is 348 g/mol. The second kappa shape index (κ2) is 6.20. The highest BCUT2D eigenvalue weighted by Crippen LogP contribution is 2.16. The number of carbonyl (C=O) groups is 1. The minimum absolute atomic E-state index is 0.235. The summed E-state index contributed by atoms with van der Waals surface area (Å²) in [5.74, 6) is 0. The van der Waals surface area contributed by atoms with Gasteiger partial charge in [-0.05, 0) is 48.1 Å². The van der Waals surface area contributed by atoms with Crippen LogP contribution in [-0.2, 0) is 0 Å². The zero-order valence-electron chi connectivity index (χ0n) is 9.96. The zero-order chi connectivity index (χ0) is 12.9. The van der Waals surface area contributed by atoms with Crippen molar-refractivity contribution in [3.05, 3.63) is 27.8 Å². The number of aliphatic hydroxyl groups is 1. The Morgan fingerprint density at radius 1 is 1.47 bits per heavy atom. The molecule has 0 heterocycles. The molecule has 0 saturated carbocycles. The van der Waals surface area contributed by atoms with E-state index in [9.17, 15) is 9.90 Å². The van der Waals surface area contributed by atoms with Crippen LogP contribution < -0.4 is 10.6 Å². The first-order valence-electron chi connectivity index (χ1n) is 5.46. The van der Waals surface area contributed by atoms with Crippen molar-refractivity contribution in [3.8, 4) is 0 Å². The van der Waals surface area contributed by atoms with Crippen molar-refractivity contribution in [2.45, 2.75) is 25.9 Å². The SMILES string of the molecule is CCC(C)(O)CNC(=O)Nc1ccccc1I. The fourth-order valence-electron chi connectivity index (χ4n) is 1.12. The Bertz CT molecular complexity index is 394. The molecule has 0 radical (unpaired) electrons. The van der Waals surface area contributed by atoms with E-state index >= 15 is 0 Å². The fraction of sp³-hybridized carbons (Fsp3) is 0.417. The molecule has 0 saturated heterocycles. The molecule has 0 spiro atoms. The van der Waals surface area contributed by atoms with Crippen molar-refractivity contribution >= 4 is 34.3 Å². The quantitative estimate of drug-likeness (QED) is 0.733. The Balaban J connectivity index is 2.48. The van der Waals surface area contributed by atoms with E-state index in [-0.39, 0.29) is 12.6 Å². The summed E-state index contributed by atoms with van der Waals surface area (Å²) in [4.78, 5) is 11.6. The van der Waals surface area contributed by atoms with Crippen LogP contribution in [0.2, 0.25) is 0 Å². The average Bonchev–Trinajstić information content (AvgIpc) is 2.30. The summed E-state index contributed by atoms with van der Waals surface area (Å²) in [7, 11) is 0. The maximum absolute atomic E-state index is 11.6. The lowest BCUT2D eigenvalue weighted by Gasteiger charge is -2.21. The molecule has 4 nitrogen and oxygen atoms in total. The number of anilines is 1. The molecule has 1 unspecified atom stereocenters. The van der Waals surface area contributed by atoms with E-state index in [1.807, 2.05) is 31.2 Å². The molecule has 5 heteroatoms. The third-order valence-corrected chi connectivity index (χ3v) is 3.45. The second-order valence-electron chi connectivity index (χ2n) is 4.14. The van der Waals surface area contributed by atoms with Gasteiger partial charge in [0.25, 0.3) is 0 Å². The van der Waals surface area contributed by atoms with Gasteiger partial charge in [0.15, 0.2) is 0 Å². The molecule has 0 aromatic heterocycles. The van der Waals surface area contributed by atoms with Crippen LogP contribution in [0.15, 0.2) is 24.3 Å². The lowest BCUT2D eigenvalue weighted by molar-refractivity contribution is 0.0587. The molecule has 0 fully saturated rings. The van der Waals surface area contributed by atoms with Crippen molar-refractivity contribution in [3.63, 3.8) is 0 Å². The van der Waals surface area contributed by atoms with Crippen LogP contribution in [0, 0.1) is 3.57 Å². The molecule has 1 aromatic rings. The maximum atomic E-state index is 11.6. The molecule has 1 rings (SSSR count). The molecule has 17 heavy (non-hydrogen) atoms. The van der Waals surface area contributed by atoms with Gasteiger partial charge >= 0.3 is 6.03 Å². The van der Waals surface area contributed by atoms with Crippen LogP contribution in [-0.4, -0.2) is 23.3 Å². The highest BCUT2D eigenvalue weighted by molar-refractivity contribution is 14.1. The Morgan fingerprint density at radius 3 is 2.71 bits per heavy atom. The molecule has 0 bridgehead atoms. The normalized spacial score (nSPS) is 13.9. The smallest absolute Gasteiger partial charge is 0.319 e. The minimum Gasteiger partial charge on any atom is -0.388 e. The number of urea groups is 1. The summed E-state index contributed by atoms with van der Waals surface area (Å²) in [5.41, 5.74) is -0.0944. The first-order chi connectivity index (χ1) is 7.94. The van der Waals surface area contributed by atoms with Crippen molar-refractivity contribution < 1.29 is 9.90 Å². The second-order valence-corrected chi connectivity index (χ2v) is 5.30. The van der Waals surface area contributed by atoms with Gasteiger partial charge in [0.1, 0.15) is 0 Å². The van der Waals surface area contributed by atoms with Gasteiger partial charge in [-0.15, -0.1) is 0 Å². The molecule has 0 aliphatic heterocycles. The van der Waals surface area contributed by atoms with Gasteiger partial charge in [-0.3, -0.25) is 0 Å². The van der Waals surface area contributed by atoms with E-state index in [1.165, 1.54) is 0 Å². The summed E-state index contributed by atoms with van der Waals surface area (Å²) in [6.45, 7) is 3.80. The number of hydrogen-bond donors (Lipinski definition) is 3. The molecule has 0 aliphatic carbocycles. The zero-order valence-corrected chi connectivity index (χ0v) is 12.1. The van der Waals surface area contributed by atoms with Gasteiger partial charge in [0, 0.05) is 10.1 Å².